The van der Waals surface area contributed by atoms with Crippen molar-refractivity contribution in [2.75, 3.05) is 5.32 Å². The van der Waals surface area contributed by atoms with Gasteiger partial charge in [0.15, 0.2) is 0 Å². The number of carbonyl (C=O) groups excluding carboxylic acids is 1. The molecule has 1 amide bonds. The van der Waals surface area contributed by atoms with Gasteiger partial charge in [-0.25, -0.2) is 0 Å². The number of benzene rings is 2. The van der Waals surface area contributed by atoms with Crippen LogP contribution in [0.15, 0.2) is 42.5 Å². The van der Waals surface area contributed by atoms with Crippen LogP contribution in [-0.2, 0) is 11.0 Å². The first-order valence-corrected chi connectivity index (χ1v) is 6.72. The van der Waals surface area contributed by atoms with E-state index in [1.165, 1.54) is 18.2 Å². The van der Waals surface area contributed by atoms with Gasteiger partial charge in [-0.05, 0) is 42.0 Å². The van der Waals surface area contributed by atoms with Crippen molar-refractivity contribution in [2.45, 2.75) is 6.18 Å². The van der Waals surface area contributed by atoms with Crippen molar-refractivity contribution < 1.29 is 18.0 Å². The average molecular weight is 324 g/mol. The Morgan fingerprint density at radius 3 is 2.59 bits per heavy atom. The van der Waals surface area contributed by atoms with E-state index in [9.17, 15) is 18.0 Å². The third kappa shape index (κ3) is 2.72. The van der Waals surface area contributed by atoms with Crippen molar-refractivity contribution in [1.82, 2.24) is 0 Å². The van der Waals surface area contributed by atoms with Crippen molar-refractivity contribution in [3.8, 4) is 0 Å². The molecule has 2 aromatic rings. The second kappa shape index (κ2) is 5.18. The number of nitrogens with one attached hydrogen (secondary N) is 1. The van der Waals surface area contributed by atoms with E-state index in [2.05, 4.69) is 5.32 Å². The van der Waals surface area contributed by atoms with E-state index in [1.54, 1.807) is 18.2 Å². The molecule has 2 nitrogen and oxygen atoms in total. The van der Waals surface area contributed by atoms with Crippen LogP contribution in [0.3, 0.4) is 0 Å². The standard InChI is InChI=1S/C16H9ClF3NO/c17-11-4-5-14-12(8-11)13(15(22)21-14)7-9-2-1-3-10(6-9)16(18,19)20/h1-8H,(H,21,22). The molecule has 1 heterocycles. The molecule has 0 aliphatic carbocycles. The molecule has 0 fully saturated rings. The quantitative estimate of drug-likeness (QED) is 0.747. The lowest BCUT2D eigenvalue weighted by Gasteiger charge is -2.07. The van der Waals surface area contributed by atoms with Gasteiger partial charge < -0.3 is 5.32 Å². The van der Waals surface area contributed by atoms with Crippen LogP contribution in [0, 0.1) is 0 Å². The largest absolute Gasteiger partial charge is 0.416 e. The van der Waals surface area contributed by atoms with E-state index >= 15 is 0 Å². The highest BCUT2D eigenvalue weighted by Crippen LogP contribution is 2.36. The van der Waals surface area contributed by atoms with Crippen LogP contribution in [-0.4, -0.2) is 5.91 Å². The Morgan fingerprint density at radius 1 is 1.09 bits per heavy atom. The summed E-state index contributed by atoms with van der Waals surface area (Å²) in [5.41, 5.74) is 0.999. The van der Waals surface area contributed by atoms with Gasteiger partial charge in [0, 0.05) is 21.8 Å². The van der Waals surface area contributed by atoms with Gasteiger partial charge in [0.1, 0.15) is 0 Å². The van der Waals surface area contributed by atoms with Crippen LogP contribution in [0.4, 0.5) is 18.9 Å². The molecule has 0 atom stereocenters. The molecule has 1 N–H and O–H groups in total. The summed E-state index contributed by atoms with van der Waals surface area (Å²) in [6.07, 6.45) is -3.00. The zero-order chi connectivity index (χ0) is 15.9. The fourth-order valence-electron chi connectivity index (χ4n) is 2.28. The van der Waals surface area contributed by atoms with Crippen LogP contribution >= 0.6 is 11.6 Å². The zero-order valence-corrected chi connectivity index (χ0v) is 11.8. The van der Waals surface area contributed by atoms with Crippen LogP contribution in [0.25, 0.3) is 11.6 Å². The van der Waals surface area contributed by atoms with Gasteiger partial charge in [-0.1, -0.05) is 23.7 Å². The minimum atomic E-state index is -4.42. The Kier molecular flexibility index (Phi) is 3.45. The van der Waals surface area contributed by atoms with Gasteiger partial charge in [-0.3, -0.25) is 4.79 Å². The number of anilines is 1. The number of halogens is 4. The Hall–Kier alpha value is -2.27. The number of rotatable bonds is 1. The zero-order valence-electron chi connectivity index (χ0n) is 11.0. The maximum Gasteiger partial charge on any atom is 0.416 e. The minimum absolute atomic E-state index is 0.289. The maximum absolute atomic E-state index is 12.7. The van der Waals surface area contributed by atoms with Crippen molar-refractivity contribution in [3.05, 3.63) is 64.2 Å². The molecule has 22 heavy (non-hydrogen) atoms. The first kappa shape index (κ1) is 14.7. The Bertz CT molecular complexity index is 796. The first-order valence-electron chi connectivity index (χ1n) is 6.35. The molecular formula is C16H9ClF3NO. The number of amides is 1. The molecule has 6 heteroatoms. The molecule has 1 aliphatic rings. The number of hydrogen-bond acceptors (Lipinski definition) is 1. The molecule has 0 aromatic heterocycles. The highest BCUT2D eigenvalue weighted by atomic mass is 35.5. The summed E-state index contributed by atoms with van der Waals surface area (Å²) in [6, 6.07) is 9.70. The second-order valence-electron chi connectivity index (χ2n) is 4.83. The minimum Gasteiger partial charge on any atom is -0.321 e. The van der Waals surface area contributed by atoms with Gasteiger partial charge in [-0.15, -0.1) is 0 Å². The van der Waals surface area contributed by atoms with E-state index in [1.807, 2.05) is 0 Å². The van der Waals surface area contributed by atoms with Crippen LogP contribution in [0.1, 0.15) is 16.7 Å². The van der Waals surface area contributed by atoms with E-state index in [4.69, 9.17) is 11.6 Å². The molecule has 112 valence electrons. The predicted molar refractivity (Wildman–Crippen MR) is 79.4 cm³/mol. The Labute approximate surface area is 129 Å². The smallest absolute Gasteiger partial charge is 0.321 e. The predicted octanol–water partition coefficient (Wildman–Crippen LogP) is 4.85. The number of hydrogen-bond donors (Lipinski definition) is 1. The van der Waals surface area contributed by atoms with Crippen molar-refractivity contribution in [2.24, 2.45) is 0 Å². The number of alkyl halides is 3. The number of fused-ring (bicyclic) bond motifs is 1. The number of carbonyl (C=O) groups is 1. The van der Waals surface area contributed by atoms with Gasteiger partial charge in [-0.2, -0.15) is 13.2 Å². The lowest BCUT2D eigenvalue weighted by molar-refractivity contribution is -0.137. The Balaban J connectivity index is 2.07. The summed E-state index contributed by atoms with van der Waals surface area (Å²) in [6.45, 7) is 0. The molecule has 2 aromatic carbocycles. The normalized spacial score (nSPS) is 15.8. The van der Waals surface area contributed by atoms with Gasteiger partial charge >= 0.3 is 6.18 Å². The maximum atomic E-state index is 12.7. The second-order valence-corrected chi connectivity index (χ2v) is 5.26. The summed E-state index contributed by atoms with van der Waals surface area (Å²) >= 11 is 5.91. The first-order chi connectivity index (χ1) is 10.3. The topological polar surface area (TPSA) is 29.1 Å². The summed E-state index contributed by atoms with van der Waals surface area (Å²) in [5, 5.41) is 3.10. The van der Waals surface area contributed by atoms with Crippen molar-refractivity contribution in [1.29, 1.82) is 0 Å². The van der Waals surface area contributed by atoms with E-state index in [-0.39, 0.29) is 11.5 Å². The van der Waals surface area contributed by atoms with Crippen molar-refractivity contribution >= 4 is 34.8 Å². The Morgan fingerprint density at radius 2 is 1.86 bits per heavy atom. The molecule has 0 bridgehead atoms. The van der Waals surface area contributed by atoms with E-state index < -0.39 is 11.7 Å². The summed E-state index contributed by atoms with van der Waals surface area (Å²) < 4.78 is 38.2. The fourth-order valence-corrected chi connectivity index (χ4v) is 2.45. The monoisotopic (exact) mass is 323 g/mol. The fraction of sp³-hybridized carbons (Fsp3) is 0.0625. The van der Waals surface area contributed by atoms with Crippen LogP contribution in [0.2, 0.25) is 5.02 Å². The SMILES string of the molecule is O=C1Nc2ccc(Cl)cc2C1=Cc1cccc(C(F)(F)F)c1. The van der Waals surface area contributed by atoms with Crippen LogP contribution < -0.4 is 5.32 Å². The van der Waals surface area contributed by atoms with Gasteiger partial charge in [0.25, 0.3) is 5.91 Å². The molecule has 0 saturated heterocycles. The van der Waals surface area contributed by atoms with Crippen molar-refractivity contribution in [3.63, 3.8) is 0 Å². The molecule has 0 radical (unpaired) electrons. The van der Waals surface area contributed by atoms with Gasteiger partial charge in [0.05, 0.1) is 5.56 Å². The lowest BCUT2D eigenvalue weighted by atomic mass is 10.0. The van der Waals surface area contributed by atoms with Crippen LogP contribution in [0.5, 0.6) is 0 Å². The third-order valence-electron chi connectivity index (χ3n) is 3.29. The summed E-state index contributed by atoms with van der Waals surface area (Å²) in [7, 11) is 0. The van der Waals surface area contributed by atoms with E-state index in [0.717, 1.165) is 12.1 Å². The summed E-state index contributed by atoms with van der Waals surface area (Å²) in [4.78, 5) is 12.0. The molecule has 0 unspecified atom stereocenters. The average Bonchev–Trinajstić information content (AvgIpc) is 2.75. The molecule has 1 aliphatic heterocycles. The van der Waals surface area contributed by atoms with E-state index in [0.29, 0.717) is 21.8 Å². The highest BCUT2D eigenvalue weighted by Gasteiger charge is 2.30. The lowest BCUT2D eigenvalue weighted by Crippen LogP contribution is -2.05. The molecule has 0 saturated carbocycles. The summed E-state index contributed by atoms with van der Waals surface area (Å²) in [5.74, 6) is -0.366. The third-order valence-corrected chi connectivity index (χ3v) is 3.52. The molecule has 3 rings (SSSR count). The molecule has 0 spiro atoms. The van der Waals surface area contributed by atoms with Gasteiger partial charge in [0.2, 0.25) is 0 Å². The molecular weight excluding hydrogens is 315 g/mol. The highest BCUT2D eigenvalue weighted by molar-refractivity contribution is 6.36.